The van der Waals surface area contributed by atoms with Crippen molar-refractivity contribution in [3.05, 3.63) is 35.6 Å². The predicted molar refractivity (Wildman–Crippen MR) is 120 cm³/mol. The van der Waals surface area contributed by atoms with E-state index in [0.717, 1.165) is 50.8 Å². The zero-order chi connectivity index (χ0) is 22.7. The van der Waals surface area contributed by atoms with E-state index in [1.165, 1.54) is 6.07 Å². The third kappa shape index (κ3) is 3.55. The van der Waals surface area contributed by atoms with Crippen molar-refractivity contribution < 1.29 is 19.1 Å². The molecule has 0 aromatic heterocycles. The molecule has 5 nitrogen and oxygen atoms in total. The van der Waals surface area contributed by atoms with Crippen molar-refractivity contribution >= 4 is 11.9 Å². The normalized spacial score (nSPS) is 35.1. The highest BCUT2D eigenvalue weighted by Gasteiger charge is 2.59. The van der Waals surface area contributed by atoms with Gasteiger partial charge in [0.25, 0.3) is 0 Å². The molecule has 1 aliphatic heterocycles. The Morgan fingerprint density at radius 2 is 1.72 bits per heavy atom. The van der Waals surface area contributed by atoms with Crippen molar-refractivity contribution in [2.45, 2.75) is 76.3 Å². The van der Waals surface area contributed by atoms with E-state index in [2.05, 4.69) is 10.2 Å². The molecule has 32 heavy (non-hydrogen) atoms. The van der Waals surface area contributed by atoms with Crippen LogP contribution in [0, 0.1) is 29.0 Å². The number of carboxylic acid groups (broad SMARTS) is 1. The first kappa shape index (κ1) is 21.9. The maximum atomic E-state index is 14.2. The Morgan fingerprint density at radius 3 is 2.31 bits per heavy atom. The number of carboxylic acids is 1. The molecule has 0 radical (unpaired) electrons. The van der Waals surface area contributed by atoms with Crippen LogP contribution in [0.3, 0.4) is 0 Å². The van der Waals surface area contributed by atoms with Crippen LogP contribution in [0.15, 0.2) is 24.3 Å². The number of hydrogen-bond donors (Lipinski definition) is 2. The minimum absolute atomic E-state index is 0.0451. The van der Waals surface area contributed by atoms with Crippen molar-refractivity contribution in [1.82, 2.24) is 10.2 Å². The molecule has 4 bridgehead atoms. The van der Waals surface area contributed by atoms with Crippen molar-refractivity contribution in [3.8, 4) is 0 Å². The van der Waals surface area contributed by atoms with Gasteiger partial charge in [-0.15, -0.1) is 0 Å². The number of nitrogens with zero attached hydrogens (tertiary/aromatic N) is 1. The first-order valence-corrected chi connectivity index (χ1v) is 12.2. The molecule has 1 aromatic carbocycles. The van der Waals surface area contributed by atoms with Crippen LogP contribution in [-0.2, 0) is 9.59 Å². The molecule has 6 heteroatoms. The summed E-state index contributed by atoms with van der Waals surface area (Å²) in [7, 11) is 0. The van der Waals surface area contributed by atoms with Crippen LogP contribution < -0.4 is 5.32 Å². The molecule has 4 aliphatic carbocycles. The molecule has 0 spiro atoms. The Kier molecular flexibility index (Phi) is 5.35. The van der Waals surface area contributed by atoms with Gasteiger partial charge >= 0.3 is 5.97 Å². The summed E-state index contributed by atoms with van der Waals surface area (Å²) in [6.07, 6.45) is 6.00. The molecule has 6 rings (SSSR count). The third-order valence-electron chi connectivity index (χ3n) is 9.21. The molecule has 2 N–H and O–H groups in total. The van der Waals surface area contributed by atoms with Crippen molar-refractivity contribution in [1.29, 1.82) is 0 Å². The Bertz CT molecular complexity index is 892. The number of piperidine rings is 1. The number of hydrogen-bond acceptors (Lipinski definition) is 3. The van der Waals surface area contributed by atoms with Gasteiger partial charge in [0, 0.05) is 6.04 Å². The number of likely N-dealkylation sites (tertiary alicyclic amines) is 1. The summed E-state index contributed by atoms with van der Waals surface area (Å²) in [6.45, 7) is 5.50. The van der Waals surface area contributed by atoms with Crippen LogP contribution in [0.1, 0.15) is 70.3 Å². The van der Waals surface area contributed by atoms with Crippen molar-refractivity contribution in [2.75, 3.05) is 13.1 Å². The molecular weight excluding hydrogens is 407 g/mol. The van der Waals surface area contributed by atoms with Gasteiger partial charge in [-0.2, -0.15) is 0 Å². The number of aliphatic carboxylic acids is 1. The fourth-order valence-corrected chi connectivity index (χ4v) is 7.55. The van der Waals surface area contributed by atoms with Gasteiger partial charge in [0.05, 0.1) is 11.0 Å². The van der Waals surface area contributed by atoms with Gasteiger partial charge in [-0.1, -0.05) is 18.2 Å². The smallest absolute Gasteiger partial charge is 0.309 e. The van der Waals surface area contributed by atoms with Crippen molar-refractivity contribution in [2.24, 2.45) is 23.2 Å². The van der Waals surface area contributed by atoms with Crippen LogP contribution in [0.2, 0.25) is 0 Å². The Labute approximate surface area is 189 Å². The number of amides is 1. The summed E-state index contributed by atoms with van der Waals surface area (Å²) in [4.78, 5) is 27.7. The lowest BCUT2D eigenvalue weighted by molar-refractivity contribution is -0.168. The monoisotopic (exact) mass is 442 g/mol. The van der Waals surface area contributed by atoms with Crippen LogP contribution in [0.5, 0.6) is 0 Å². The first-order chi connectivity index (χ1) is 15.2. The number of rotatable bonds is 5. The fourth-order valence-electron chi connectivity index (χ4n) is 7.55. The summed E-state index contributed by atoms with van der Waals surface area (Å²) in [5.41, 5.74) is -0.406. The molecule has 4 saturated carbocycles. The van der Waals surface area contributed by atoms with Gasteiger partial charge in [-0.25, -0.2) is 4.39 Å². The van der Waals surface area contributed by atoms with Gasteiger partial charge in [-0.3, -0.25) is 14.5 Å². The highest BCUT2D eigenvalue weighted by molar-refractivity contribution is 5.86. The van der Waals surface area contributed by atoms with E-state index in [1.54, 1.807) is 6.07 Å². The molecule has 2 unspecified atom stereocenters. The Hall–Kier alpha value is -1.95. The van der Waals surface area contributed by atoms with Gasteiger partial charge in [-0.05, 0) is 107 Å². The van der Waals surface area contributed by atoms with E-state index >= 15 is 0 Å². The average molecular weight is 443 g/mol. The van der Waals surface area contributed by atoms with E-state index in [1.807, 2.05) is 26.0 Å². The molecule has 5 aliphatic rings. The fraction of sp³-hybridized carbons (Fsp3) is 0.692. The van der Waals surface area contributed by atoms with Gasteiger partial charge in [0.1, 0.15) is 5.82 Å². The van der Waals surface area contributed by atoms with E-state index < -0.39 is 16.9 Å². The maximum Gasteiger partial charge on any atom is 0.309 e. The molecule has 1 saturated heterocycles. The third-order valence-corrected chi connectivity index (χ3v) is 9.21. The summed E-state index contributed by atoms with van der Waals surface area (Å²) in [5.74, 6) is 0.533. The lowest BCUT2D eigenvalue weighted by Crippen LogP contribution is -2.65. The van der Waals surface area contributed by atoms with Gasteiger partial charge in [0.2, 0.25) is 5.91 Å². The minimum Gasteiger partial charge on any atom is -0.481 e. The highest BCUT2D eigenvalue weighted by Crippen LogP contribution is 2.60. The van der Waals surface area contributed by atoms with Crippen LogP contribution in [-0.4, -0.2) is 46.6 Å². The molecule has 5 fully saturated rings. The number of carbonyl (C=O) groups is 2. The molecular formula is C26H35FN2O3. The van der Waals surface area contributed by atoms with E-state index in [9.17, 15) is 19.1 Å². The Morgan fingerprint density at radius 1 is 1.09 bits per heavy atom. The number of nitrogens with one attached hydrogen (secondary N) is 1. The number of benzene rings is 1. The number of carbonyl (C=O) groups excluding carboxylic acids is 1. The topological polar surface area (TPSA) is 69.6 Å². The summed E-state index contributed by atoms with van der Waals surface area (Å²) >= 11 is 0. The Balaban J connectivity index is 1.23. The van der Waals surface area contributed by atoms with Crippen LogP contribution in [0.25, 0.3) is 0 Å². The van der Waals surface area contributed by atoms with Crippen LogP contribution in [0.4, 0.5) is 4.39 Å². The first-order valence-electron chi connectivity index (χ1n) is 12.2. The second-order valence-corrected chi connectivity index (χ2v) is 11.4. The zero-order valence-electron chi connectivity index (χ0n) is 19.1. The second-order valence-electron chi connectivity index (χ2n) is 11.4. The average Bonchev–Trinajstić information content (AvgIpc) is 2.76. The largest absolute Gasteiger partial charge is 0.481 e. The SMILES string of the molecule is CC(C)(C(=O)NC1C2CC3CC1CC(C(=O)O)(C3)C2)N1CCC(c2ccccc2F)CC1. The molecule has 1 heterocycles. The van der Waals surface area contributed by atoms with Crippen molar-refractivity contribution in [3.63, 3.8) is 0 Å². The quantitative estimate of drug-likeness (QED) is 0.718. The molecule has 1 aromatic rings. The summed E-state index contributed by atoms with van der Waals surface area (Å²) in [6, 6.07) is 7.12. The lowest BCUT2D eigenvalue weighted by Gasteiger charge is -2.58. The molecule has 2 atom stereocenters. The summed E-state index contributed by atoms with van der Waals surface area (Å²) in [5, 5.41) is 13.2. The molecule has 174 valence electrons. The van der Waals surface area contributed by atoms with Gasteiger partial charge < -0.3 is 10.4 Å². The lowest BCUT2D eigenvalue weighted by atomic mass is 9.48. The maximum absolute atomic E-state index is 14.2. The number of halogens is 1. The summed E-state index contributed by atoms with van der Waals surface area (Å²) < 4.78 is 14.2. The molecule has 1 amide bonds. The van der Waals surface area contributed by atoms with E-state index in [4.69, 9.17) is 0 Å². The van der Waals surface area contributed by atoms with Crippen LogP contribution >= 0.6 is 0 Å². The standard InChI is InChI=1S/C26H35FN2O3/c1-25(2,29-9-7-17(8-10-29)20-5-3-4-6-21(20)27)23(30)28-22-18-11-16-12-19(22)15-26(13-16,14-18)24(31)32/h3-6,16-19,22H,7-15H2,1-2H3,(H,28,30)(H,31,32). The predicted octanol–water partition coefficient (Wildman–Crippen LogP) is 4.18. The minimum atomic E-state index is -0.640. The van der Waals surface area contributed by atoms with E-state index in [-0.39, 0.29) is 35.5 Å². The second kappa shape index (κ2) is 7.82. The van der Waals surface area contributed by atoms with Gasteiger partial charge in [0.15, 0.2) is 0 Å². The van der Waals surface area contributed by atoms with E-state index in [0.29, 0.717) is 18.8 Å². The highest BCUT2D eigenvalue weighted by atomic mass is 19.1. The zero-order valence-corrected chi connectivity index (χ0v) is 19.1.